The lowest BCUT2D eigenvalue weighted by Crippen LogP contribution is -2.56. The van der Waals surface area contributed by atoms with Crippen molar-refractivity contribution >= 4 is 57.3 Å². The Morgan fingerprint density at radius 2 is 1.98 bits per heavy atom. The molecule has 1 spiro atoms. The summed E-state index contributed by atoms with van der Waals surface area (Å²) in [4.78, 5) is 15.8. The van der Waals surface area contributed by atoms with Gasteiger partial charge in [-0.05, 0) is 110 Å². The molecule has 6 nitrogen and oxygen atoms in total. The summed E-state index contributed by atoms with van der Waals surface area (Å²) in [6.45, 7) is 4.29. The summed E-state index contributed by atoms with van der Waals surface area (Å²) in [6.07, 6.45) is 12.0. The van der Waals surface area contributed by atoms with Crippen LogP contribution in [0.3, 0.4) is 0 Å². The summed E-state index contributed by atoms with van der Waals surface area (Å²) in [6, 6.07) is 12.0. The van der Waals surface area contributed by atoms with Gasteiger partial charge in [0.15, 0.2) is 0 Å². The highest BCUT2D eigenvalue weighted by molar-refractivity contribution is 8.17. The molecule has 0 N–H and O–H groups in total. The number of amides is 1. The molecule has 1 saturated carbocycles. The van der Waals surface area contributed by atoms with Gasteiger partial charge < -0.3 is 22.9 Å². The number of nitrogens with zero attached hydrogens (tertiary/aromatic N) is 2. The number of benzene rings is 2. The maximum Gasteiger partial charge on any atom is 0.254 e. The van der Waals surface area contributed by atoms with E-state index >= 15 is 0 Å². The molecule has 2 bridgehead atoms. The molecule has 0 aromatic heterocycles. The van der Waals surface area contributed by atoms with Crippen molar-refractivity contribution in [2.45, 2.75) is 67.5 Å². The molecular weight excluding hydrogens is 656 g/mol. The Kier molecular flexibility index (Phi) is 9.79. The molecule has 1 amide bonds. The van der Waals surface area contributed by atoms with Crippen LogP contribution >= 0.6 is 35.1 Å². The van der Waals surface area contributed by atoms with E-state index in [4.69, 9.17) is 21.1 Å². The number of thioether (sulfide) groups is 2. The Balaban J connectivity index is 1.33. The van der Waals surface area contributed by atoms with E-state index in [0.29, 0.717) is 34.3 Å². The highest BCUT2D eigenvalue weighted by Crippen LogP contribution is 2.54. The van der Waals surface area contributed by atoms with Crippen molar-refractivity contribution in [3.8, 4) is 5.75 Å². The fraction of sp³-hybridized carbons (Fsp3) is 0.583. The number of anilines is 1. The minimum Gasteiger partial charge on any atom is -0.490 e. The number of carbonyl (C=O) groups is 1. The summed E-state index contributed by atoms with van der Waals surface area (Å²) in [5.41, 5.74) is 3.44. The molecule has 0 radical (unpaired) electrons. The Morgan fingerprint density at radius 1 is 1.13 bits per heavy atom. The second-order valence-corrected chi connectivity index (χ2v) is 18.2. The van der Waals surface area contributed by atoms with Gasteiger partial charge in [0.05, 0.1) is 16.9 Å². The van der Waals surface area contributed by atoms with Gasteiger partial charge in [0.2, 0.25) is 0 Å². The lowest BCUT2D eigenvalue weighted by Gasteiger charge is -2.53. The zero-order valence-electron chi connectivity index (χ0n) is 26.8. The summed E-state index contributed by atoms with van der Waals surface area (Å²) in [5.74, 6) is 3.94. The van der Waals surface area contributed by atoms with Crippen LogP contribution in [0.4, 0.5) is 5.69 Å². The molecule has 2 fully saturated rings. The fourth-order valence-electron chi connectivity index (χ4n) is 8.33. The van der Waals surface area contributed by atoms with Crippen molar-refractivity contribution in [3.63, 3.8) is 0 Å². The molecule has 2 aromatic rings. The van der Waals surface area contributed by atoms with Crippen molar-refractivity contribution in [1.29, 1.82) is 0 Å². The van der Waals surface area contributed by atoms with Gasteiger partial charge in [-0.25, -0.2) is 0 Å². The van der Waals surface area contributed by atoms with Gasteiger partial charge in [-0.15, -0.1) is 23.5 Å². The highest BCUT2D eigenvalue weighted by atomic mass is 35.5. The number of hydrogen-bond acceptors (Lipinski definition) is 8. The van der Waals surface area contributed by atoms with Crippen LogP contribution in [0.5, 0.6) is 5.75 Å². The third-order valence-electron chi connectivity index (χ3n) is 10.8. The standard InChI is InChI=1S/C36H44ClN2O4S3/c1-24-6-3-15-36(42-2,34-44-16-5-17-45-34)30-11-8-27(30)20-39-22-35(14-4-7-25-18-28(37)10-12-29(25)35)23-43-32-13-9-26(19-31(32)39)33(40)38-46(41)21-24/h3,9-10,12-13,15,18-19,24,27,30,34H,4-8,11,14,16-17,20-23H2,1-2H3/q-1/b15-3+/t24-,27-,30+,35-,36-/m0/s1. The molecule has 248 valence electrons. The Bertz CT molecular complexity index is 1590. The molecule has 5 aliphatic rings. The molecule has 2 aliphatic carbocycles. The van der Waals surface area contributed by atoms with Crippen LogP contribution in [-0.2, 0) is 31.4 Å². The third-order valence-corrected chi connectivity index (χ3v) is 15.5. The molecule has 0 unspecified atom stereocenters. The number of ether oxygens (including phenoxy) is 2. The van der Waals surface area contributed by atoms with Gasteiger partial charge in [-0.2, -0.15) is 10.6 Å². The van der Waals surface area contributed by atoms with E-state index in [0.717, 1.165) is 79.6 Å². The Hall–Kier alpha value is -1.65. The van der Waals surface area contributed by atoms with Gasteiger partial charge in [-0.3, -0.25) is 4.79 Å². The number of carbonyl (C=O) groups excluding carboxylic acids is 1. The second-order valence-electron chi connectivity index (χ2n) is 13.8. The van der Waals surface area contributed by atoms with Gasteiger partial charge >= 0.3 is 0 Å². The number of rotatable bonds is 2. The fourth-order valence-corrected chi connectivity index (χ4v) is 12.9. The summed E-state index contributed by atoms with van der Waals surface area (Å²) < 4.78 is 30.9. The monoisotopic (exact) mass is 699 g/mol. The first-order valence-corrected chi connectivity index (χ1v) is 20.5. The highest BCUT2D eigenvalue weighted by Gasteiger charge is 2.53. The van der Waals surface area contributed by atoms with Crippen molar-refractivity contribution in [1.82, 2.24) is 0 Å². The van der Waals surface area contributed by atoms with E-state index in [1.807, 2.05) is 48.8 Å². The molecule has 7 rings (SSSR count). The quantitative estimate of drug-likeness (QED) is 0.231. The van der Waals surface area contributed by atoms with Gasteiger partial charge in [0, 0.05) is 36.2 Å². The van der Waals surface area contributed by atoms with Crippen LogP contribution in [-0.4, -0.2) is 60.2 Å². The molecule has 3 heterocycles. The average molecular weight is 700 g/mol. The number of allylic oxidation sites excluding steroid dienone is 1. The number of fused-ring (bicyclic) bond motifs is 4. The van der Waals surface area contributed by atoms with E-state index in [9.17, 15) is 9.00 Å². The van der Waals surface area contributed by atoms with E-state index in [-0.39, 0.29) is 16.9 Å². The SMILES string of the molecule is CO[C@@]1(C2SCCCS2)/C=C/C[C@H](C)C[S-](=O)=NC(=O)c2ccc3c(c2)N(C[C@@H]2CC[C@H]21)C[C@@]1(CCCc2cc(Cl)ccc21)CO3. The van der Waals surface area contributed by atoms with E-state index in [2.05, 4.69) is 40.5 Å². The summed E-state index contributed by atoms with van der Waals surface area (Å²) >= 11 is 10.6. The normalized spacial score (nSPS) is 33.2. The first-order chi connectivity index (χ1) is 22.3. The number of hydrogen-bond donors (Lipinski definition) is 0. The predicted octanol–water partition coefficient (Wildman–Crippen LogP) is 8.30. The average Bonchev–Trinajstić information content (AvgIpc) is 3.19. The number of methoxy groups -OCH3 is 1. The summed E-state index contributed by atoms with van der Waals surface area (Å²) in [7, 11) is 0.296. The zero-order chi connectivity index (χ0) is 31.9. The molecule has 3 aliphatic heterocycles. The van der Waals surface area contributed by atoms with Gasteiger partial charge in [0.1, 0.15) is 11.4 Å². The molecule has 5 atom stereocenters. The van der Waals surface area contributed by atoms with E-state index in [1.165, 1.54) is 17.5 Å². The third kappa shape index (κ3) is 6.28. The number of halogens is 1. The van der Waals surface area contributed by atoms with Gasteiger partial charge in [-0.1, -0.05) is 48.4 Å². The first kappa shape index (κ1) is 32.9. The Labute approximate surface area is 289 Å². The largest absolute Gasteiger partial charge is 0.490 e. The molecule has 2 aromatic carbocycles. The van der Waals surface area contributed by atoms with Gasteiger partial charge in [0.25, 0.3) is 5.91 Å². The minimum atomic E-state index is -1.60. The maximum atomic E-state index is 13.3. The lowest BCUT2D eigenvalue weighted by molar-refractivity contribution is -0.0638. The van der Waals surface area contributed by atoms with Crippen molar-refractivity contribution < 1.29 is 18.5 Å². The maximum absolute atomic E-state index is 13.3. The Morgan fingerprint density at radius 3 is 2.76 bits per heavy atom. The zero-order valence-corrected chi connectivity index (χ0v) is 30.0. The molecular formula is C36H44ClN2O4S3-. The van der Waals surface area contributed by atoms with Crippen molar-refractivity contribution in [3.05, 3.63) is 70.3 Å². The molecule has 1 saturated heterocycles. The van der Waals surface area contributed by atoms with E-state index in [1.54, 1.807) is 6.07 Å². The van der Waals surface area contributed by atoms with Crippen LogP contribution in [0.1, 0.15) is 66.9 Å². The lowest BCUT2D eigenvalue weighted by atomic mass is 9.64. The van der Waals surface area contributed by atoms with Crippen LogP contribution in [0.25, 0.3) is 0 Å². The number of aryl methyl sites for hydroxylation is 1. The van der Waals surface area contributed by atoms with Crippen LogP contribution in [0.15, 0.2) is 52.9 Å². The summed E-state index contributed by atoms with van der Waals surface area (Å²) in [5, 5.41) is 0.775. The minimum absolute atomic E-state index is 0.125. The smallest absolute Gasteiger partial charge is 0.254 e. The second kappa shape index (κ2) is 13.7. The predicted molar refractivity (Wildman–Crippen MR) is 192 cm³/mol. The van der Waals surface area contributed by atoms with Crippen molar-refractivity contribution in [2.24, 2.45) is 22.1 Å². The van der Waals surface area contributed by atoms with Crippen molar-refractivity contribution in [2.75, 3.05) is 49.0 Å². The van der Waals surface area contributed by atoms with Crippen LogP contribution in [0, 0.1) is 17.8 Å². The topological polar surface area (TPSA) is 68.2 Å². The molecule has 10 heteroatoms. The van der Waals surface area contributed by atoms with Crippen LogP contribution in [0.2, 0.25) is 5.02 Å². The first-order valence-electron chi connectivity index (χ1n) is 16.7. The molecule has 46 heavy (non-hydrogen) atoms. The van der Waals surface area contributed by atoms with Crippen LogP contribution < -0.4 is 9.64 Å². The van der Waals surface area contributed by atoms with E-state index < -0.39 is 16.5 Å².